The van der Waals surface area contributed by atoms with Gasteiger partial charge in [-0.25, -0.2) is 15.2 Å². The molecule has 0 fully saturated rings. The van der Waals surface area contributed by atoms with E-state index in [0.717, 1.165) is 0 Å². The summed E-state index contributed by atoms with van der Waals surface area (Å²) in [5.74, 6) is -0.845. The fourth-order valence-electron chi connectivity index (χ4n) is 0.818. The lowest BCUT2D eigenvalue weighted by Gasteiger charge is -2.24. The van der Waals surface area contributed by atoms with Crippen LogP contribution in [0.15, 0.2) is 0 Å². The summed E-state index contributed by atoms with van der Waals surface area (Å²) in [6.45, 7) is 2.93. The molecule has 1 aromatic heterocycles. The Hall–Kier alpha value is -1.25. The molecule has 0 aliphatic heterocycles. The van der Waals surface area contributed by atoms with E-state index in [4.69, 9.17) is 20.4 Å². The van der Waals surface area contributed by atoms with Crippen LogP contribution in [0.4, 0.5) is 0 Å². The van der Waals surface area contributed by atoms with Gasteiger partial charge < -0.3 is 20.4 Å². The number of hydrogen-bond donors (Lipinski definition) is 6. The number of H-pyrrole nitrogens is 2. The topological polar surface area (TPSA) is 134 Å². The molecule has 8 heteroatoms. The average molecular weight is 251 g/mol. The molecule has 1 atom stereocenters. The Bertz CT molecular complexity index is 274. The number of nitrogens with one attached hydrogen (secondary N) is 2. The summed E-state index contributed by atoms with van der Waals surface area (Å²) in [5.41, 5.74) is -0.667. The van der Waals surface area contributed by atoms with Gasteiger partial charge in [0.15, 0.2) is 6.04 Å². The number of nitrogens with zero attached hydrogens (tertiary/aromatic N) is 1. The molecule has 1 aromatic rings. The quantitative estimate of drug-likeness (QED) is 0.391. The molecule has 0 bridgehead atoms. The molecule has 17 heavy (non-hydrogen) atoms. The SMILES string of the molecule is CC(C(=O)O)n1[nH][nH]1.CCC(CO)(CO)CO. The first kappa shape index (κ1) is 15.8. The van der Waals surface area contributed by atoms with Crippen molar-refractivity contribution in [3.05, 3.63) is 0 Å². The summed E-state index contributed by atoms with van der Waals surface area (Å²) < 4.78 is 0. The van der Waals surface area contributed by atoms with Gasteiger partial charge in [-0.05, 0) is 13.3 Å². The minimum atomic E-state index is -0.845. The standard InChI is InChI=1S/C6H14O3.C3H7N3O2/c1-2-6(3-7,4-8)5-9;1-2(3(7)8)6-4-5-6/h7-9H,2-5H2,1H3;2,4-5H,1H3,(H,7,8). The van der Waals surface area contributed by atoms with Gasteiger partial charge in [-0.15, -0.1) is 0 Å². The molecular formula is C9H21N3O5. The molecule has 0 saturated heterocycles. The molecule has 1 heterocycles. The second kappa shape index (κ2) is 7.15. The lowest BCUT2D eigenvalue weighted by atomic mass is 9.88. The van der Waals surface area contributed by atoms with E-state index >= 15 is 0 Å². The number of aliphatic hydroxyl groups excluding tert-OH is 3. The van der Waals surface area contributed by atoms with Crippen LogP contribution in [0, 0.1) is 5.41 Å². The normalized spacial score (nSPS) is 13.0. The minimum absolute atomic E-state index is 0.156. The lowest BCUT2D eigenvalue weighted by molar-refractivity contribution is -0.140. The van der Waals surface area contributed by atoms with E-state index < -0.39 is 17.4 Å². The molecule has 1 rings (SSSR count). The molecule has 0 spiro atoms. The summed E-state index contributed by atoms with van der Waals surface area (Å²) in [6.07, 6.45) is 0.594. The van der Waals surface area contributed by atoms with Crippen LogP contribution < -0.4 is 0 Å². The zero-order chi connectivity index (χ0) is 13.5. The van der Waals surface area contributed by atoms with Gasteiger partial charge in [0.25, 0.3) is 0 Å². The van der Waals surface area contributed by atoms with Crippen LogP contribution >= 0.6 is 0 Å². The molecule has 0 aliphatic carbocycles. The number of aromatic nitrogens is 3. The van der Waals surface area contributed by atoms with Gasteiger partial charge in [-0.3, -0.25) is 0 Å². The third kappa shape index (κ3) is 5.07. The highest BCUT2D eigenvalue weighted by atomic mass is 16.4. The maximum absolute atomic E-state index is 10.1. The summed E-state index contributed by atoms with van der Waals surface area (Å²) >= 11 is 0. The highest BCUT2D eigenvalue weighted by molar-refractivity contribution is 5.70. The van der Waals surface area contributed by atoms with Crippen molar-refractivity contribution in [2.24, 2.45) is 5.41 Å². The Balaban J connectivity index is 0.000000302. The third-order valence-corrected chi connectivity index (χ3v) is 2.74. The van der Waals surface area contributed by atoms with Crippen LogP contribution in [0.2, 0.25) is 0 Å². The number of carboxylic acid groups (broad SMARTS) is 1. The molecule has 6 N–H and O–H groups in total. The molecule has 0 saturated carbocycles. The van der Waals surface area contributed by atoms with Crippen molar-refractivity contribution in [2.75, 3.05) is 19.8 Å². The van der Waals surface area contributed by atoms with Crippen molar-refractivity contribution in [1.29, 1.82) is 0 Å². The average Bonchev–Trinajstić information content (AvgIpc) is 3.16. The van der Waals surface area contributed by atoms with E-state index in [2.05, 4.69) is 10.4 Å². The van der Waals surface area contributed by atoms with E-state index in [1.165, 1.54) is 4.80 Å². The summed E-state index contributed by atoms with van der Waals surface area (Å²) in [6, 6.07) is -0.491. The van der Waals surface area contributed by atoms with E-state index in [0.29, 0.717) is 6.42 Å². The number of aromatic amines is 2. The van der Waals surface area contributed by atoms with Gasteiger partial charge >= 0.3 is 5.97 Å². The van der Waals surface area contributed by atoms with Gasteiger partial charge in [0, 0.05) is 5.41 Å². The van der Waals surface area contributed by atoms with Gasteiger partial charge in [0.2, 0.25) is 0 Å². The van der Waals surface area contributed by atoms with Crippen molar-refractivity contribution in [2.45, 2.75) is 26.3 Å². The largest absolute Gasteiger partial charge is 0.480 e. The fraction of sp³-hybridized carbons (Fsp3) is 0.889. The highest BCUT2D eigenvalue weighted by Gasteiger charge is 2.24. The first-order valence-electron chi connectivity index (χ1n) is 5.32. The maximum Gasteiger partial charge on any atom is 0.330 e. The molecule has 0 aromatic carbocycles. The molecule has 0 radical (unpaired) electrons. The highest BCUT2D eigenvalue weighted by Crippen LogP contribution is 2.18. The van der Waals surface area contributed by atoms with Gasteiger partial charge in [-0.2, -0.15) is 4.80 Å². The molecule has 0 aliphatic rings. The minimum Gasteiger partial charge on any atom is -0.480 e. The number of aliphatic carboxylic acids is 1. The Kier molecular flexibility index (Phi) is 6.62. The maximum atomic E-state index is 10.1. The van der Waals surface area contributed by atoms with Gasteiger partial charge in [0.05, 0.1) is 19.8 Å². The van der Waals surface area contributed by atoms with Crippen molar-refractivity contribution in [3.63, 3.8) is 0 Å². The third-order valence-electron chi connectivity index (χ3n) is 2.74. The number of carboxylic acids is 1. The summed E-state index contributed by atoms with van der Waals surface area (Å²) in [7, 11) is 0. The first-order valence-corrected chi connectivity index (χ1v) is 5.32. The number of carbonyl (C=O) groups is 1. The molecule has 102 valence electrons. The zero-order valence-electron chi connectivity index (χ0n) is 10.1. The Morgan fingerprint density at radius 2 is 1.65 bits per heavy atom. The van der Waals surface area contributed by atoms with Crippen molar-refractivity contribution in [1.82, 2.24) is 15.2 Å². The molecule has 8 nitrogen and oxygen atoms in total. The van der Waals surface area contributed by atoms with Crippen LogP contribution in [0.5, 0.6) is 0 Å². The van der Waals surface area contributed by atoms with E-state index in [-0.39, 0.29) is 19.8 Å². The van der Waals surface area contributed by atoms with Crippen LogP contribution in [-0.4, -0.2) is 61.4 Å². The van der Waals surface area contributed by atoms with E-state index in [1.807, 2.05) is 6.92 Å². The fourth-order valence-corrected chi connectivity index (χ4v) is 0.818. The van der Waals surface area contributed by atoms with Crippen molar-refractivity contribution < 1.29 is 25.2 Å². The lowest BCUT2D eigenvalue weighted by Crippen LogP contribution is -2.32. The molecule has 0 amide bonds. The number of rotatable bonds is 6. The van der Waals surface area contributed by atoms with E-state index in [9.17, 15) is 4.79 Å². The Morgan fingerprint density at radius 1 is 1.24 bits per heavy atom. The predicted molar refractivity (Wildman–Crippen MR) is 59.5 cm³/mol. The Labute approximate surface area is 98.8 Å². The second-order valence-electron chi connectivity index (χ2n) is 3.94. The van der Waals surface area contributed by atoms with E-state index in [1.54, 1.807) is 6.92 Å². The van der Waals surface area contributed by atoms with Crippen molar-refractivity contribution >= 4 is 5.97 Å². The molecule has 1 unspecified atom stereocenters. The van der Waals surface area contributed by atoms with Crippen LogP contribution in [0.1, 0.15) is 26.3 Å². The second-order valence-corrected chi connectivity index (χ2v) is 3.94. The van der Waals surface area contributed by atoms with Gasteiger partial charge in [0.1, 0.15) is 0 Å². The molecular weight excluding hydrogens is 230 g/mol. The number of hydrogen-bond acceptors (Lipinski definition) is 4. The van der Waals surface area contributed by atoms with Gasteiger partial charge in [-0.1, -0.05) is 6.92 Å². The smallest absolute Gasteiger partial charge is 0.330 e. The van der Waals surface area contributed by atoms with Crippen LogP contribution in [0.25, 0.3) is 0 Å². The monoisotopic (exact) mass is 251 g/mol. The van der Waals surface area contributed by atoms with Crippen LogP contribution in [-0.2, 0) is 4.79 Å². The first-order chi connectivity index (χ1) is 7.96. The summed E-state index contributed by atoms with van der Waals surface area (Å²) in [5, 5.41) is 39.3. The number of aliphatic hydroxyl groups is 3. The van der Waals surface area contributed by atoms with Crippen molar-refractivity contribution in [3.8, 4) is 0 Å². The predicted octanol–water partition coefficient (Wildman–Crippen LogP) is -0.850. The van der Waals surface area contributed by atoms with Crippen LogP contribution in [0.3, 0.4) is 0 Å². The summed E-state index contributed by atoms with van der Waals surface area (Å²) in [4.78, 5) is 11.5. The Morgan fingerprint density at radius 3 is 1.71 bits per heavy atom. The zero-order valence-corrected chi connectivity index (χ0v) is 10.1.